The van der Waals surface area contributed by atoms with Crippen LogP contribution in [0.4, 0.5) is 5.69 Å². The largest absolute Gasteiger partial charge is 0.361 e. The van der Waals surface area contributed by atoms with Gasteiger partial charge in [0.25, 0.3) is 0 Å². The lowest BCUT2D eigenvalue weighted by Crippen LogP contribution is -2.45. The number of rotatable bonds is 10. The molecule has 1 spiro atoms. The summed E-state index contributed by atoms with van der Waals surface area (Å²) in [6.07, 6.45) is 2.68. The minimum absolute atomic E-state index is 0.0294. The Morgan fingerprint density at radius 1 is 0.949 bits per heavy atom. The molecule has 6 nitrogen and oxygen atoms in total. The number of piperidine rings is 1. The van der Waals surface area contributed by atoms with E-state index in [2.05, 4.69) is 55.7 Å². The summed E-state index contributed by atoms with van der Waals surface area (Å²) in [5, 5.41) is 17.8. The standard InChI is InChI=1S/C31H36BrClN4O2/c32-25-11-9-23(10-12-25)22-37-20-16-31(29(37)38)14-18-36(19-15-31)17-13-28(24-5-2-1-3-6-24)35-30(39)34-27-8-4-7-26(33)21-27/h1-12,21,28,30,34-35,39H,13-20,22H2. The van der Waals surface area contributed by atoms with Gasteiger partial charge in [0.2, 0.25) is 5.91 Å². The number of aliphatic hydroxyl groups excluding tert-OH is 1. The smallest absolute Gasteiger partial charge is 0.229 e. The monoisotopic (exact) mass is 610 g/mol. The summed E-state index contributed by atoms with van der Waals surface area (Å²) in [5.41, 5.74) is 2.85. The third-order valence-electron chi connectivity index (χ3n) is 8.12. The minimum Gasteiger partial charge on any atom is -0.361 e. The van der Waals surface area contributed by atoms with E-state index < -0.39 is 6.35 Å². The average Bonchev–Trinajstić information content (AvgIpc) is 3.23. The number of amides is 1. The second-order valence-electron chi connectivity index (χ2n) is 10.7. The van der Waals surface area contributed by atoms with Crippen molar-refractivity contribution in [3.63, 3.8) is 0 Å². The second kappa shape index (κ2) is 12.8. The van der Waals surface area contributed by atoms with E-state index in [9.17, 15) is 9.90 Å². The van der Waals surface area contributed by atoms with E-state index in [-0.39, 0.29) is 11.5 Å². The molecule has 0 aromatic heterocycles. The fraction of sp³-hybridized carbons (Fsp3) is 0.387. The van der Waals surface area contributed by atoms with E-state index >= 15 is 0 Å². The van der Waals surface area contributed by atoms with E-state index in [1.807, 2.05) is 47.4 Å². The van der Waals surface area contributed by atoms with Crippen molar-refractivity contribution in [1.82, 2.24) is 15.1 Å². The van der Waals surface area contributed by atoms with Crippen LogP contribution >= 0.6 is 27.5 Å². The first-order chi connectivity index (χ1) is 18.9. The van der Waals surface area contributed by atoms with Crippen molar-refractivity contribution in [2.75, 3.05) is 31.5 Å². The van der Waals surface area contributed by atoms with Gasteiger partial charge in [-0.05, 0) is 86.8 Å². The molecule has 0 radical (unpaired) electrons. The molecule has 2 aliphatic rings. The molecule has 3 N–H and O–H groups in total. The van der Waals surface area contributed by atoms with E-state index in [1.54, 1.807) is 12.1 Å². The summed E-state index contributed by atoms with van der Waals surface area (Å²) in [6, 6.07) is 25.8. The first-order valence-electron chi connectivity index (χ1n) is 13.7. The summed E-state index contributed by atoms with van der Waals surface area (Å²) in [7, 11) is 0. The Morgan fingerprint density at radius 3 is 2.38 bits per heavy atom. The van der Waals surface area contributed by atoms with Crippen LogP contribution in [0.3, 0.4) is 0 Å². The van der Waals surface area contributed by atoms with Gasteiger partial charge < -0.3 is 20.2 Å². The Labute approximate surface area is 244 Å². The van der Waals surface area contributed by atoms with Crippen LogP contribution < -0.4 is 10.6 Å². The van der Waals surface area contributed by atoms with Crippen LogP contribution in [0.15, 0.2) is 83.3 Å². The van der Waals surface area contributed by atoms with Crippen LogP contribution in [0.5, 0.6) is 0 Å². The molecule has 2 aliphatic heterocycles. The van der Waals surface area contributed by atoms with Gasteiger partial charge in [-0.15, -0.1) is 0 Å². The zero-order valence-corrected chi connectivity index (χ0v) is 24.4. The highest BCUT2D eigenvalue weighted by Crippen LogP contribution is 2.42. The highest BCUT2D eigenvalue weighted by atomic mass is 79.9. The Morgan fingerprint density at radius 2 is 1.67 bits per heavy atom. The molecule has 39 heavy (non-hydrogen) atoms. The van der Waals surface area contributed by atoms with Gasteiger partial charge in [0.05, 0.1) is 5.41 Å². The highest BCUT2D eigenvalue weighted by molar-refractivity contribution is 9.10. The highest BCUT2D eigenvalue weighted by Gasteiger charge is 2.47. The maximum absolute atomic E-state index is 13.4. The molecule has 3 aromatic carbocycles. The number of halogens is 2. The van der Waals surface area contributed by atoms with Crippen LogP contribution in [0.25, 0.3) is 0 Å². The number of carbonyl (C=O) groups is 1. The molecule has 1 amide bonds. The maximum Gasteiger partial charge on any atom is 0.229 e. The van der Waals surface area contributed by atoms with Crippen molar-refractivity contribution in [2.24, 2.45) is 5.41 Å². The fourth-order valence-electron chi connectivity index (χ4n) is 5.83. The van der Waals surface area contributed by atoms with Crippen molar-refractivity contribution in [2.45, 2.75) is 44.6 Å². The first kappa shape index (κ1) is 28.1. The molecule has 3 aromatic rings. The minimum atomic E-state index is -0.925. The number of carbonyl (C=O) groups excluding carboxylic acids is 1. The second-order valence-corrected chi connectivity index (χ2v) is 12.1. The molecule has 2 unspecified atom stereocenters. The van der Waals surface area contributed by atoms with E-state index in [0.717, 1.165) is 67.6 Å². The molecule has 0 bridgehead atoms. The molecule has 2 atom stereocenters. The Balaban J connectivity index is 1.14. The fourth-order valence-corrected chi connectivity index (χ4v) is 6.29. The molecule has 2 fully saturated rings. The van der Waals surface area contributed by atoms with Gasteiger partial charge in [0.1, 0.15) is 0 Å². The van der Waals surface area contributed by atoms with Gasteiger partial charge in [-0.3, -0.25) is 10.1 Å². The predicted octanol–water partition coefficient (Wildman–Crippen LogP) is 6.03. The lowest BCUT2D eigenvalue weighted by Gasteiger charge is -2.38. The molecular formula is C31H36BrClN4O2. The summed E-state index contributed by atoms with van der Waals surface area (Å²) in [5.74, 6) is 0.323. The van der Waals surface area contributed by atoms with Crippen LogP contribution in [0.2, 0.25) is 5.02 Å². The Kier molecular flexibility index (Phi) is 9.25. The predicted molar refractivity (Wildman–Crippen MR) is 160 cm³/mol. The number of hydrogen-bond donors (Lipinski definition) is 3. The van der Waals surface area contributed by atoms with Crippen LogP contribution in [-0.2, 0) is 11.3 Å². The van der Waals surface area contributed by atoms with Crippen molar-refractivity contribution in [3.8, 4) is 0 Å². The van der Waals surface area contributed by atoms with Crippen molar-refractivity contribution < 1.29 is 9.90 Å². The number of anilines is 1. The lowest BCUT2D eigenvalue weighted by atomic mass is 9.77. The Hall–Kier alpha value is -2.42. The molecule has 2 heterocycles. The topological polar surface area (TPSA) is 67.8 Å². The molecule has 8 heteroatoms. The average molecular weight is 612 g/mol. The number of hydrogen-bond acceptors (Lipinski definition) is 5. The molecule has 5 rings (SSSR count). The summed E-state index contributed by atoms with van der Waals surface area (Å²) in [6.45, 7) is 4.26. The molecule has 206 valence electrons. The molecule has 0 aliphatic carbocycles. The van der Waals surface area contributed by atoms with Crippen LogP contribution in [-0.4, -0.2) is 53.3 Å². The van der Waals surface area contributed by atoms with Crippen molar-refractivity contribution in [1.29, 1.82) is 0 Å². The van der Waals surface area contributed by atoms with Crippen LogP contribution in [0, 0.1) is 5.41 Å². The lowest BCUT2D eigenvalue weighted by molar-refractivity contribution is -0.138. The maximum atomic E-state index is 13.4. The molecule has 0 saturated carbocycles. The molecular weight excluding hydrogens is 576 g/mol. The summed E-state index contributed by atoms with van der Waals surface area (Å²) in [4.78, 5) is 18.0. The van der Waals surface area contributed by atoms with E-state index in [0.29, 0.717) is 17.5 Å². The van der Waals surface area contributed by atoms with Gasteiger partial charge in [0, 0.05) is 34.3 Å². The number of aliphatic hydroxyl groups is 1. The van der Waals surface area contributed by atoms with Gasteiger partial charge >= 0.3 is 0 Å². The van der Waals surface area contributed by atoms with E-state index in [4.69, 9.17) is 11.6 Å². The van der Waals surface area contributed by atoms with Gasteiger partial charge in [-0.1, -0.05) is 76.1 Å². The SMILES string of the molecule is O=C1N(Cc2ccc(Br)cc2)CCC12CCN(CCC(NC(O)Nc1cccc(Cl)c1)c1ccccc1)CC2. The van der Waals surface area contributed by atoms with Crippen molar-refractivity contribution >= 4 is 39.1 Å². The quantitative estimate of drug-likeness (QED) is 0.245. The summed E-state index contributed by atoms with van der Waals surface area (Å²) >= 11 is 9.58. The van der Waals surface area contributed by atoms with Crippen LogP contribution in [0.1, 0.15) is 42.9 Å². The first-order valence-corrected chi connectivity index (χ1v) is 14.8. The summed E-state index contributed by atoms with van der Waals surface area (Å²) < 4.78 is 1.06. The molecule has 2 saturated heterocycles. The zero-order chi connectivity index (χ0) is 27.2. The van der Waals surface area contributed by atoms with E-state index in [1.165, 1.54) is 5.56 Å². The zero-order valence-electron chi connectivity index (χ0n) is 22.0. The third kappa shape index (κ3) is 7.21. The number of nitrogens with one attached hydrogen (secondary N) is 2. The number of likely N-dealkylation sites (tertiary alicyclic amines) is 2. The Bertz CT molecular complexity index is 1230. The number of nitrogens with zero attached hydrogens (tertiary/aromatic N) is 2. The van der Waals surface area contributed by atoms with Gasteiger partial charge in [-0.2, -0.15) is 0 Å². The van der Waals surface area contributed by atoms with Gasteiger partial charge in [0.15, 0.2) is 6.35 Å². The van der Waals surface area contributed by atoms with Gasteiger partial charge in [-0.25, -0.2) is 0 Å². The number of benzene rings is 3. The van der Waals surface area contributed by atoms with Crippen molar-refractivity contribution in [3.05, 3.63) is 99.5 Å². The third-order valence-corrected chi connectivity index (χ3v) is 8.89. The normalized spacial score (nSPS) is 18.8.